The summed E-state index contributed by atoms with van der Waals surface area (Å²) in [6.07, 6.45) is 6.45. The van der Waals surface area contributed by atoms with Gasteiger partial charge in [0.15, 0.2) is 5.96 Å². The highest BCUT2D eigenvalue weighted by Crippen LogP contribution is 2.07. The van der Waals surface area contributed by atoms with E-state index in [1.807, 2.05) is 12.1 Å². The predicted octanol–water partition coefficient (Wildman–Crippen LogP) is 1.86. The molecular weight excluding hydrogens is 264 g/mol. The summed E-state index contributed by atoms with van der Waals surface area (Å²) < 4.78 is 5.32. The van der Waals surface area contributed by atoms with Crippen molar-refractivity contribution >= 4 is 5.96 Å². The van der Waals surface area contributed by atoms with Gasteiger partial charge in [0.1, 0.15) is 5.76 Å². The van der Waals surface area contributed by atoms with E-state index in [0.29, 0.717) is 0 Å². The van der Waals surface area contributed by atoms with Crippen molar-refractivity contribution in [3.63, 3.8) is 0 Å². The molecule has 1 aliphatic heterocycles. The van der Waals surface area contributed by atoms with Gasteiger partial charge in [-0.1, -0.05) is 0 Å². The van der Waals surface area contributed by atoms with Gasteiger partial charge in [-0.2, -0.15) is 0 Å². The summed E-state index contributed by atoms with van der Waals surface area (Å²) >= 11 is 0. The van der Waals surface area contributed by atoms with Crippen LogP contribution in [0.2, 0.25) is 0 Å². The van der Waals surface area contributed by atoms with E-state index in [2.05, 4.69) is 27.4 Å². The van der Waals surface area contributed by atoms with Crippen LogP contribution in [0.1, 0.15) is 31.9 Å². The van der Waals surface area contributed by atoms with Crippen LogP contribution in [-0.2, 0) is 6.42 Å². The molecule has 2 N–H and O–H groups in total. The molecule has 118 valence electrons. The lowest BCUT2D eigenvalue weighted by Gasteiger charge is -2.14. The number of nitrogens with one attached hydrogen (secondary N) is 2. The van der Waals surface area contributed by atoms with Crippen LogP contribution in [0.5, 0.6) is 0 Å². The zero-order chi connectivity index (χ0) is 14.8. The number of likely N-dealkylation sites (tertiary alicyclic amines) is 1. The Morgan fingerprint density at radius 1 is 1.33 bits per heavy atom. The van der Waals surface area contributed by atoms with Crippen molar-refractivity contribution in [2.24, 2.45) is 4.99 Å². The molecule has 0 amide bonds. The molecule has 2 heterocycles. The van der Waals surface area contributed by atoms with Crippen LogP contribution >= 0.6 is 0 Å². The van der Waals surface area contributed by atoms with Gasteiger partial charge in [-0.25, -0.2) is 0 Å². The van der Waals surface area contributed by atoms with Crippen LogP contribution in [0.15, 0.2) is 27.8 Å². The third-order valence-corrected chi connectivity index (χ3v) is 3.69. The van der Waals surface area contributed by atoms with E-state index in [0.717, 1.165) is 44.2 Å². The van der Waals surface area contributed by atoms with Crippen LogP contribution in [0, 0.1) is 0 Å². The summed E-state index contributed by atoms with van der Waals surface area (Å²) in [5.74, 6) is 1.91. The highest BCUT2D eigenvalue weighted by atomic mass is 16.3. The Labute approximate surface area is 127 Å². The number of hydrogen-bond donors (Lipinski definition) is 2. The van der Waals surface area contributed by atoms with Gasteiger partial charge < -0.3 is 20.0 Å². The first kappa shape index (κ1) is 15.9. The first-order chi connectivity index (χ1) is 10.4. The second-order valence-corrected chi connectivity index (χ2v) is 5.42. The minimum absolute atomic E-state index is 0.839. The fraction of sp³-hybridized carbons (Fsp3) is 0.688. The van der Waals surface area contributed by atoms with Crippen LogP contribution < -0.4 is 10.6 Å². The number of aliphatic imine (C=N–C) groups is 1. The third-order valence-electron chi connectivity index (χ3n) is 3.69. The van der Waals surface area contributed by atoms with Gasteiger partial charge in [0.05, 0.1) is 6.26 Å². The first-order valence-corrected chi connectivity index (χ1v) is 8.15. The van der Waals surface area contributed by atoms with E-state index in [-0.39, 0.29) is 0 Å². The lowest BCUT2D eigenvalue weighted by Crippen LogP contribution is -2.38. The minimum Gasteiger partial charge on any atom is -0.469 e. The van der Waals surface area contributed by atoms with Gasteiger partial charge in [-0.3, -0.25) is 4.99 Å². The van der Waals surface area contributed by atoms with Gasteiger partial charge >= 0.3 is 0 Å². The monoisotopic (exact) mass is 292 g/mol. The molecule has 0 aromatic carbocycles. The summed E-state index contributed by atoms with van der Waals surface area (Å²) in [6.45, 7) is 8.41. The van der Waals surface area contributed by atoms with Crippen molar-refractivity contribution in [2.45, 2.75) is 32.6 Å². The fourth-order valence-electron chi connectivity index (χ4n) is 2.59. The number of furan rings is 1. The minimum atomic E-state index is 0.839. The second-order valence-electron chi connectivity index (χ2n) is 5.42. The maximum absolute atomic E-state index is 5.32. The lowest BCUT2D eigenvalue weighted by atomic mass is 10.3. The molecule has 2 rings (SSSR count). The van der Waals surface area contributed by atoms with E-state index >= 15 is 0 Å². The average molecular weight is 292 g/mol. The number of nitrogens with zero attached hydrogens (tertiary/aromatic N) is 2. The highest BCUT2D eigenvalue weighted by molar-refractivity contribution is 5.79. The molecular formula is C16H28N4O. The Balaban J connectivity index is 1.63. The smallest absolute Gasteiger partial charge is 0.191 e. The maximum atomic E-state index is 5.32. The number of hydrogen-bond acceptors (Lipinski definition) is 3. The van der Waals surface area contributed by atoms with Crippen LogP contribution in [-0.4, -0.2) is 50.1 Å². The van der Waals surface area contributed by atoms with Crippen molar-refractivity contribution in [3.05, 3.63) is 24.2 Å². The summed E-state index contributed by atoms with van der Waals surface area (Å²) in [5.41, 5.74) is 0. The Bertz CT molecular complexity index is 396. The van der Waals surface area contributed by atoms with Crippen LogP contribution in [0.4, 0.5) is 0 Å². The molecule has 0 aliphatic carbocycles. The maximum Gasteiger partial charge on any atom is 0.191 e. The van der Waals surface area contributed by atoms with E-state index < -0.39 is 0 Å². The van der Waals surface area contributed by atoms with Crippen LogP contribution in [0.25, 0.3) is 0 Å². The fourth-order valence-corrected chi connectivity index (χ4v) is 2.59. The molecule has 1 saturated heterocycles. The van der Waals surface area contributed by atoms with E-state index in [4.69, 9.17) is 4.42 Å². The molecule has 21 heavy (non-hydrogen) atoms. The normalized spacial score (nSPS) is 16.3. The zero-order valence-electron chi connectivity index (χ0n) is 13.1. The van der Waals surface area contributed by atoms with Gasteiger partial charge in [0.25, 0.3) is 0 Å². The molecule has 1 aliphatic rings. The summed E-state index contributed by atoms with van der Waals surface area (Å²) in [7, 11) is 0. The number of rotatable bonds is 8. The number of guanidine groups is 1. The molecule has 0 spiro atoms. The molecule has 1 fully saturated rings. The third kappa shape index (κ3) is 6.21. The van der Waals surface area contributed by atoms with E-state index in [1.54, 1.807) is 6.26 Å². The molecule has 1 aromatic rings. The van der Waals surface area contributed by atoms with Crippen molar-refractivity contribution in [1.82, 2.24) is 15.5 Å². The van der Waals surface area contributed by atoms with E-state index in [1.165, 1.54) is 32.5 Å². The molecule has 1 aromatic heterocycles. The first-order valence-electron chi connectivity index (χ1n) is 8.15. The average Bonchev–Trinajstić information content (AvgIpc) is 3.17. The van der Waals surface area contributed by atoms with Crippen molar-refractivity contribution in [3.8, 4) is 0 Å². The van der Waals surface area contributed by atoms with E-state index in [9.17, 15) is 0 Å². The Hall–Kier alpha value is -1.49. The predicted molar refractivity (Wildman–Crippen MR) is 86.7 cm³/mol. The molecule has 5 nitrogen and oxygen atoms in total. The SMILES string of the molecule is CCNC(=NCCCN1CCCC1)NCCc1ccco1. The molecule has 5 heteroatoms. The molecule has 0 unspecified atom stereocenters. The van der Waals surface area contributed by atoms with Gasteiger partial charge in [-0.05, 0) is 58.0 Å². The van der Waals surface area contributed by atoms with Gasteiger partial charge in [-0.15, -0.1) is 0 Å². The summed E-state index contributed by atoms with van der Waals surface area (Å²) in [5, 5.41) is 6.64. The Kier molecular flexibility index (Phi) is 7.15. The molecule has 0 saturated carbocycles. The Morgan fingerprint density at radius 3 is 2.90 bits per heavy atom. The highest BCUT2D eigenvalue weighted by Gasteiger charge is 2.09. The largest absolute Gasteiger partial charge is 0.469 e. The summed E-state index contributed by atoms with van der Waals surface area (Å²) in [4.78, 5) is 7.16. The Morgan fingerprint density at radius 2 is 2.19 bits per heavy atom. The molecule has 0 bridgehead atoms. The van der Waals surface area contributed by atoms with Crippen molar-refractivity contribution in [1.29, 1.82) is 0 Å². The molecule has 0 radical (unpaired) electrons. The quantitative estimate of drug-likeness (QED) is 0.436. The van der Waals surface area contributed by atoms with Gasteiger partial charge in [0, 0.05) is 26.1 Å². The van der Waals surface area contributed by atoms with Crippen molar-refractivity contribution in [2.75, 3.05) is 39.3 Å². The van der Waals surface area contributed by atoms with Gasteiger partial charge in [0.2, 0.25) is 0 Å². The lowest BCUT2D eigenvalue weighted by molar-refractivity contribution is 0.336. The second kappa shape index (κ2) is 9.45. The standard InChI is InChI=1S/C16H28N4O/c1-2-17-16(19-10-8-15-7-5-14-21-15)18-9-6-13-20-11-3-4-12-20/h5,7,14H,2-4,6,8-13H2,1H3,(H2,17,18,19). The molecule has 0 atom stereocenters. The van der Waals surface area contributed by atoms with Crippen LogP contribution in [0.3, 0.4) is 0 Å². The topological polar surface area (TPSA) is 52.8 Å². The van der Waals surface area contributed by atoms with Crippen molar-refractivity contribution < 1.29 is 4.42 Å². The summed E-state index contributed by atoms with van der Waals surface area (Å²) in [6, 6.07) is 3.93. The zero-order valence-corrected chi connectivity index (χ0v) is 13.1.